The van der Waals surface area contributed by atoms with Crippen LogP contribution in [0.5, 0.6) is 0 Å². The maximum absolute atomic E-state index is 12.2. The minimum absolute atomic E-state index is 0.164. The van der Waals surface area contributed by atoms with Crippen molar-refractivity contribution >= 4 is 46.8 Å². The summed E-state index contributed by atoms with van der Waals surface area (Å²) in [4.78, 5) is 12.2. The van der Waals surface area contributed by atoms with E-state index in [1.54, 1.807) is 48.0 Å². The molecule has 0 spiro atoms. The van der Waals surface area contributed by atoms with Crippen LogP contribution in [0.4, 0.5) is 0 Å². The van der Waals surface area contributed by atoms with Crippen molar-refractivity contribution in [2.75, 3.05) is 0 Å². The van der Waals surface area contributed by atoms with Crippen LogP contribution >= 0.6 is 34.8 Å². The van der Waals surface area contributed by atoms with Gasteiger partial charge in [0, 0.05) is 27.2 Å². The van der Waals surface area contributed by atoms with Gasteiger partial charge < -0.3 is 9.15 Å². The molecule has 7 nitrogen and oxygen atoms in total. The number of ether oxygens (including phenoxy) is 1. The number of halogens is 3. The average molecular weight is 504 g/mol. The van der Waals surface area contributed by atoms with Crippen molar-refractivity contribution in [3.05, 3.63) is 92.5 Å². The third kappa shape index (κ3) is 5.63. The fourth-order valence-electron chi connectivity index (χ4n) is 3.00. The van der Waals surface area contributed by atoms with Crippen LogP contribution in [0.25, 0.3) is 17.5 Å². The van der Waals surface area contributed by atoms with Gasteiger partial charge in [-0.05, 0) is 48.9 Å². The average Bonchev–Trinajstić information content (AvgIpc) is 3.38. The van der Waals surface area contributed by atoms with E-state index in [1.165, 1.54) is 6.08 Å². The number of rotatable bonds is 7. The summed E-state index contributed by atoms with van der Waals surface area (Å²) in [5.74, 6) is -0.111. The number of benzene rings is 2. The smallest absolute Gasteiger partial charge is 0.331 e. The molecule has 2 aromatic carbocycles. The number of nitrogens with zero attached hydrogens (tertiary/aromatic N) is 4. The lowest BCUT2D eigenvalue weighted by atomic mass is 10.2. The zero-order valence-electron chi connectivity index (χ0n) is 17.3. The fraction of sp³-hybridized carbons (Fsp3) is 0.130. The summed E-state index contributed by atoms with van der Waals surface area (Å²) in [6, 6.07) is 14.4. The van der Waals surface area contributed by atoms with Gasteiger partial charge in [0.2, 0.25) is 5.89 Å². The van der Waals surface area contributed by atoms with Crippen LogP contribution in [0.2, 0.25) is 15.2 Å². The van der Waals surface area contributed by atoms with Gasteiger partial charge in [0.25, 0.3) is 5.89 Å². The molecule has 0 amide bonds. The highest BCUT2D eigenvalue weighted by Gasteiger charge is 2.14. The second-order valence-corrected chi connectivity index (χ2v) is 8.19. The molecule has 0 aliphatic heterocycles. The van der Waals surface area contributed by atoms with E-state index in [9.17, 15) is 4.79 Å². The van der Waals surface area contributed by atoms with Gasteiger partial charge >= 0.3 is 5.97 Å². The Hall–Kier alpha value is -3.13. The van der Waals surface area contributed by atoms with Gasteiger partial charge in [-0.3, -0.25) is 0 Å². The number of aryl methyl sites for hydroxylation is 1. The number of esters is 1. The molecule has 0 atom stereocenters. The summed E-state index contributed by atoms with van der Waals surface area (Å²) in [5, 5.41) is 13.9. The maximum Gasteiger partial charge on any atom is 0.331 e. The Morgan fingerprint density at radius 3 is 2.61 bits per heavy atom. The summed E-state index contributed by atoms with van der Waals surface area (Å²) < 4.78 is 12.3. The predicted molar refractivity (Wildman–Crippen MR) is 126 cm³/mol. The van der Waals surface area contributed by atoms with E-state index in [-0.39, 0.29) is 12.5 Å². The molecule has 10 heteroatoms. The highest BCUT2D eigenvalue weighted by atomic mass is 35.5. The van der Waals surface area contributed by atoms with Gasteiger partial charge in [0.15, 0.2) is 6.61 Å². The van der Waals surface area contributed by atoms with Crippen molar-refractivity contribution in [2.24, 2.45) is 0 Å². The van der Waals surface area contributed by atoms with Gasteiger partial charge in [-0.1, -0.05) is 53.0 Å². The maximum atomic E-state index is 12.2. The Bertz CT molecular complexity index is 1310. The molecule has 0 unspecified atom stereocenters. The number of carbonyl (C=O) groups excluding carboxylic acids is 1. The zero-order valence-corrected chi connectivity index (χ0v) is 19.6. The first-order valence-corrected chi connectivity index (χ1v) is 10.9. The lowest BCUT2D eigenvalue weighted by molar-refractivity contribution is -0.139. The third-order valence-electron chi connectivity index (χ3n) is 4.67. The quantitative estimate of drug-likeness (QED) is 0.227. The highest BCUT2D eigenvalue weighted by molar-refractivity contribution is 6.32. The Balaban J connectivity index is 1.38. The molecule has 2 heterocycles. The number of hydrogen-bond acceptors (Lipinski definition) is 6. The first-order valence-electron chi connectivity index (χ1n) is 9.80. The van der Waals surface area contributed by atoms with Crippen molar-refractivity contribution in [1.29, 1.82) is 0 Å². The molecule has 4 rings (SSSR count). The molecule has 0 saturated carbocycles. The van der Waals surface area contributed by atoms with Crippen LogP contribution in [-0.4, -0.2) is 25.9 Å². The van der Waals surface area contributed by atoms with Crippen LogP contribution in [0.1, 0.15) is 22.7 Å². The van der Waals surface area contributed by atoms with Gasteiger partial charge in [-0.15, -0.1) is 10.2 Å². The molecule has 33 heavy (non-hydrogen) atoms. The number of carbonyl (C=O) groups is 1. The van der Waals surface area contributed by atoms with Crippen LogP contribution in [0, 0.1) is 6.92 Å². The molecule has 0 N–H and O–H groups in total. The van der Waals surface area contributed by atoms with Crippen LogP contribution in [0.15, 0.2) is 59.0 Å². The van der Waals surface area contributed by atoms with E-state index < -0.39 is 5.97 Å². The largest absolute Gasteiger partial charge is 0.452 e. The first-order chi connectivity index (χ1) is 15.9. The van der Waals surface area contributed by atoms with Gasteiger partial charge in [0.1, 0.15) is 5.15 Å². The van der Waals surface area contributed by atoms with Crippen molar-refractivity contribution < 1.29 is 13.9 Å². The molecular weight excluding hydrogens is 487 g/mol. The summed E-state index contributed by atoms with van der Waals surface area (Å²) in [7, 11) is 0. The second kappa shape index (κ2) is 10.2. The van der Waals surface area contributed by atoms with E-state index in [2.05, 4.69) is 15.3 Å². The summed E-state index contributed by atoms with van der Waals surface area (Å²) in [6.07, 6.45) is 2.83. The molecule has 4 aromatic rings. The van der Waals surface area contributed by atoms with E-state index in [1.807, 2.05) is 18.2 Å². The Morgan fingerprint density at radius 1 is 1.09 bits per heavy atom. The Labute approximate surface area is 204 Å². The monoisotopic (exact) mass is 502 g/mol. The van der Waals surface area contributed by atoms with Gasteiger partial charge in [0.05, 0.1) is 12.2 Å². The molecule has 0 saturated heterocycles. The summed E-state index contributed by atoms with van der Waals surface area (Å²) in [5.41, 5.74) is 2.88. The van der Waals surface area contributed by atoms with Crippen LogP contribution in [0.3, 0.4) is 0 Å². The van der Waals surface area contributed by atoms with E-state index in [0.29, 0.717) is 44.5 Å². The van der Waals surface area contributed by atoms with E-state index in [4.69, 9.17) is 44.0 Å². The lowest BCUT2D eigenvalue weighted by Gasteiger charge is -2.05. The fourth-order valence-corrected chi connectivity index (χ4v) is 3.62. The normalized spacial score (nSPS) is 11.3. The highest BCUT2D eigenvalue weighted by Crippen LogP contribution is 2.24. The topological polar surface area (TPSA) is 83.0 Å². The molecule has 0 aliphatic rings. The zero-order chi connectivity index (χ0) is 23.4. The summed E-state index contributed by atoms with van der Waals surface area (Å²) >= 11 is 18.6. The molecule has 168 valence electrons. The minimum atomic E-state index is -0.587. The van der Waals surface area contributed by atoms with Crippen molar-refractivity contribution in [2.45, 2.75) is 20.1 Å². The van der Waals surface area contributed by atoms with Gasteiger partial charge in [-0.25, -0.2) is 9.48 Å². The molecule has 0 fully saturated rings. The first kappa shape index (κ1) is 23.0. The molecule has 0 radical (unpaired) electrons. The van der Waals surface area contributed by atoms with Crippen molar-refractivity contribution in [1.82, 2.24) is 20.0 Å². The minimum Gasteiger partial charge on any atom is -0.452 e. The molecular formula is C23H17Cl3N4O3. The lowest BCUT2D eigenvalue weighted by Crippen LogP contribution is -2.02. The SMILES string of the molecule is Cc1nn(Cc2ccccc2Cl)c(Cl)c1C=CC(=O)OCc1nnc(-c2ccc(Cl)cc2)o1. The number of hydrogen-bond donors (Lipinski definition) is 0. The molecule has 0 aliphatic carbocycles. The predicted octanol–water partition coefficient (Wildman–Crippen LogP) is 6.01. The van der Waals surface area contributed by atoms with Gasteiger partial charge in [-0.2, -0.15) is 5.10 Å². The van der Waals surface area contributed by atoms with Crippen molar-refractivity contribution in [3.63, 3.8) is 0 Å². The molecule has 0 bridgehead atoms. The van der Waals surface area contributed by atoms with Crippen LogP contribution < -0.4 is 0 Å². The number of aromatic nitrogens is 4. The Kier molecular flexibility index (Phi) is 7.13. The van der Waals surface area contributed by atoms with Crippen molar-refractivity contribution in [3.8, 4) is 11.5 Å². The third-order valence-corrected chi connectivity index (χ3v) is 5.69. The van der Waals surface area contributed by atoms with E-state index in [0.717, 1.165) is 5.56 Å². The second-order valence-electron chi connectivity index (χ2n) is 6.99. The van der Waals surface area contributed by atoms with E-state index >= 15 is 0 Å². The molecule has 2 aromatic heterocycles. The summed E-state index contributed by atoms with van der Waals surface area (Å²) in [6.45, 7) is 2.05. The Morgan fingerprint density at radius 2 is 1.85 bits per heavy atom. The standard InChI is InChI=1S/C23H17Cl3N4O3/c1-14-18(22(26)30(29-14)12-16-4-2-3-5-19(16)25)10-11-21(31)32-13-20-27-28-23(33-20)15-6-8-17(24)9-7-15/h2-11H,12-13H2,1H3. The van der Waals surface area contributed by atoms with Crippen LogP contribution in [-0.2, 0) is 22.7 Å².